The van der Waals surface area contributed by atoms with Crippen LogP contribution in [0.4, 0.5) is 0 Å². The summed E-state index contributed by atoms with van der Waals surface area (Å²) in [6.45, 7) is 3.84. The summed E-state index contributed by atoms with van der Waals surface area (Å²) in [4.78, 5) is 17.5. The quantitative estimate of drug-likeness (QED) is 0.799. The summed E-state index contributed by atoms with van der Waals surface area (Å²) < 4.78 is 8.34. The third-order valence-corrected chi connectivity index (χ3v) is 7.19. The SMILES string of the molecule is CN1C[C@@H](N)CC[C@@H](C(=O)N2CCC3(CC2)OCCc2cn(-c4ccccc4)nc23)C1. The lowest BCUT2D eigenvalue weighted by atomic mass is 9.83. The average Bonchev–Trinajstić information content (AvgIpc) is 3.16. The fraction of sp³-hybridized carbons (Fsp3) is 0.583. The Balaban J connectivity index is 1.30. The van der Waals surface area contributed by atoms with Crippen molar-refractivity contribution in [3.63, 3.8) is 0 Å². The molecule has 2 aromatic rings. The lowest BCUT2D eigenvalue weighted by Crippen LogP contribution is -2.50. The number of likely N-dealkylation sites (N-methyl/N-ethyl adjacent to an activating group) is 1. The van der Waals surface area contributed by atoms with Crippen molar-refractivity contribution in [3.8, 4) is 5.69 Å². The number of nitrogens with two attached hydrogens (primary N) is 1. The van der Waals surface area contributed by atoms with Crippen LogP contribution in [0.25, 0.3) is 5.69 Å². The number of piperidine rings is 1. The predicted molar refractivity (Wildman–Crippen MR) is 119 cm³/mol. The molecule has 1 aromatic carbocycles. The maximum Gasteiger partial charge on any atom is 0.226 e. The number of amides is 1. The molecule has 3 aliphatic heterocycles. The first-order valence-electron chi connectivity index (χ1n) is 11.6. The molecule has 2 fully saturated rings. The van der Waals surface area contributed by atoms with Crippen molar-refractivity contribution in [1.82, 2.24) is 19.6 Å². The minimum Gasteiger partial charge on any atom is -0.368 e. The summed E-state index contributed by atoms with van der Waals surface area (Å²) in [7, 11) is 2.07. The summed E-state index contributed by atoms with van der Waals surface area (Å²) in [6.07, 6.45) is 6.45. The number of nitrogens with zero attached hydrogens (tertiary/aromatic N) is 4. The van der Waals surface area contributed by atoms with Crippen molar-refractivity contribution < 1.29 is 9.53 Å². The number of benzene rings is 1. The Kier molecular flexibility index (Phi) is 5.58. The van der Waals surface area contributed by atoms with E-state index in [4.69, 9.17) is 15.6 Å². The molecule has 1 spiro atoms. The molecule has 0 aliphatic carbocycles. The number of hydrogen-bond donors (Lipinski definition) is 1. The molecular weight excluding hydrogens is 390 g/mol. The number of ether oxygens (including phenoxy) is 1. The van der Waals surface area contributed by atoms with Crippen LogP contribution in [0, 0.1) is 5.92 Å². The van der Waals surface area contributed by atoms with Crippen LogP contribution >= 0.6 is 0 Å². The summed E-state index contributed by atoms with van der Waals surface area (Å²) in [5.74, 6) is 0.328. The second-order valence-electron chi connectivity index (χ2n) is 9.46. The molecule has 7 nitrogen and oxygen atoms in total. The molecule has 2 saturated heterocycles. The highest BCUT2D eigenvalue weighted by molar-refractivity contribution is 5.79. The molecule has 0 bridgehead atoms. The van der Waals surface area contributed by atoms with Gasteiger partial charge >= 0.3 is 0 Å². The second-order valence-corrected chi connectivity index (χ2v) is 9.46. The van der Waals surface area contributed by atoms with Gasteiger partial charge < -0.3 is 20.3 Å². The van der Waals surface area contributed by atoms with E-state index in [1.807, 2.05) is 27.8 Å². The zero-order valence-corrected chi connectivity index (χ0v) is 18.4. The van der Waals surface area contributed by atoms with Crippen LogP contribution in [0.1, 0.15) is 36.9 Å². The molecular formula is C24H33N5O2. The maximum atomic E-state index is 13.3. The first-order chi connectivity index (χ1) is 15.0. The van der Waals surface area contributed by atoms with E-state index in [2.05, 4.69) is 30.3 Å². The topological polar surface area (TPSA) is 76.6 Å². The first kappa shape index (κ1) is 20.7. The summed E-state index contributed by atoms with van der Waals surface area (Å²) in [5, 5.41) is 4.96. The summed E-state index contributed by atoms with van der Waals surface area (Å²) in [6, 6.07) is 10.4. The van der Waals surface area contributed by atoms with Crippen molar-refractivity contribution in [2.24, 2.45) is 11.7 Å². The Bertz CT molecular complexity index is 919. The van der Waals surface area contributed by atoms with Gasteiger partial charge in [0.25, 0.3) is 0 Å². The third kappa shape index (κ3) is 4.02. The number of hydrogen-bond acceptors (Lipinski definition) is 5. The van der Waals surface area contributed by atoms with Gasteiger partial charge in [-0.1, -0.05) is 18.2 Å². The minimum atomic E-state index is -0.368. The van der Waals surface area contributed by atoms with Gasteiger partial charge in [0.1, 0.15) is 5.60 Å². The Morgan fingerprint density at radius 1 is 1.16 bits per heavy atom. The largest absolute Gasteiger partial charge is 0.368 e. The van der Waals surface area contributed by atoms with Crippen LogP contribution in [0.15, 0.2) is 36.5 Å². The highest BCUT2D eigenvalue weighted by atomic mass is 16.5. The van der Waals surface area contributed by atoms with Crippen molar-refractivity contribution >= 4 is 5.91 Å². The Hall–Kier alpha value is -2.22. The Morgan fingerprint density at radius 2 is 1.94 bits per heavy atom. The fourth-order valence-electron chi connectivity index (χ4n) is 5.49. The molecule has 2 N–H and O–H groups in total. The molecule has 2 atom stereocenters. The van der Waals surface area contributed by atoms with Gasteiger partial charge in [0.15, 0.2) is 0 Å². The number of fused-ring (bicyclic) bond motifs is 2. The normalized spacial score (nSPS) is 26.5. The maximum absolute atomic E-state index is 13.3. The first-order valence-corrected chi connectivity index (χ1v) is 11.6. The molecule has 31 heavy (non-hydrogen) atoms. The zero-order valence-electron chi connectivity index (χ0n) is 18.4. The molecule has 7 heteroatoms. The number of carbonyl (C=O) groups is 1. The fourth-order valence-corrected chi connectivity index (χ4v) is 5.49. The van der Waals surface area contributed by atoms with E-state index < -0.39 is 0 Å². The van der Waals surface area contributed by atoms with E-state index in [1.165, 1.54) is 5.56 Å². The summed E-state index contributed by atoms with van der Waals surface area (Å²) >= 11 is 0. The molecule has 166 valence electrons. The van der Waals surface area contributed by atoms with Gasteiger partial charge in [0.05, 0.1) is 23.9 Å². The molecule has 0 unspecified atom stereocenters. The predicted octanol–water partition coefficient (Wildman–Crippen LogP) is 1.93. The number of carbonyl (C=O) groups excluding carboxylic acids is 1. The van der Waals surface area contributed by atoms with Gasteiger partial charge in [-0.2, -0.15) is 5.10 Å². The molecule has 4 heterocycles. The van der Waals surface area contributed by atoms with Crippen molar-refractivity contribution in [3.05, 3.63) is 47.8 Å². The molecule has 0 saturated carbocycles. The highest BCUT2D eigenvalue weighted by Gasteiger charge is 2.44. The van der Waals surface area contributed by atoms with Gasteiger partial charge in [-0.05, 0) is 56.8 Å². The van der Waals surface area contributed by atoms with Gasteiger partial charge in [-0.25, -0.2) is 4.68 Å². The zero-order chi connectivity index (χ0) is 21.4. The van der Waals surface area contributed by atoms with Crippen molar-refractivity contribution in [2.45, 2.75) is 43.7 Å². The van der Waals surface area contributed by atoms with Crippen molar-refractivity contribution in [2.75, 3.05) is 39.8 Å². The van der Waals surface area contributed by atoms with Crippen molar-refractivity contribution in [1.29, 1.82) is 0 Å². The highest BCUT2D eigenvalue weighted by Crippen LogP contribution is 2.41. The monoisotopic (exact) mass is 423 g/mol. The van der Waals surface area contributed by atoms with E-state index in [9.17, 15) is 4.79 Å². The molecule has 5 rings (SSSR count). The number of rotatable bonds is 2. The Labute approximate surface area is 184 Å². The van der Waals surface area contributed by atoms with Crippen LogP contribution in [-0.2, 0) is 21.6 Å². The van der Waals surface area contributed by atoms with E-state index in [1.54, 1.807) is 0 Å². The minimum absolute atomic E-state index is 0.0488. The lowest BCUT2D eigenvalue weighted by molar-refractivity contribution is -0.145. The van der Waals surface area contributed by atoms with E-state index >= 15 is 0 Å². The standard InChI is InChI=1S/C24H33N5O2/c1-27-15-19(7-8-20(25)17-27)23(30)28-12-10-24(11-13-28)22-18(9-14-31-24)16-29(26-22)21-5-3-2-4-6-21/h2-6,16,19-20H,7-15,17,25H2,1H3/t19-,20+/m1/s1. The van der Waals surface area contributed by atoms with Crippen LogP contribution in [0.5, 0.6) is 0 Å². The van der Waals surface area contributed by atoms with Crippen LogP contribution in [0.3, 0.4) is 0 Å². The third-order valence-electron chi connectivity index (χ3n) is 7.19. The number of likely N-dealkylation sites (tertiary alicyclic amines) is 2. The smallest absolute Gasteiger partial charge is 0.226 e. The Morgan fingerprint density at radius 3 is 2.71 bits per heavy atom. The van der Waals surface area contributed by atoms with E-state index in [-0.39, 0.29) is 23.5 Å². The molecule has 0 radical (unpaired) electrons. The van der Waals surface area contributed by atoms with E-state index in [0.29, 0.717) is 6.61 Å². The lowest BCUT2D eigenvalue weighted by Gasteiger charge is -2.43. The van der Waals surface area contributed by atoms with Crippen LogP contribution in [-0.4, -0.2) is 71.4 Å². The van der Waals surface area contributed by atoms with Gasteiger partial charge in [0.2, 0.25) is 5.91 Å². The van der Waals surface area contributed by atoms with Gasteiger partial charge in [-0.15, -0.1) is 0 Å². The molecule has 3 aliphatic rings. The number of para-hydroxylation sites is 1. The van der Waals surface area contributed by atoms with Gasteiger partial charge in [0, 0.05) is 38.4 Å². The van der Waals surface area contributed by atoms with Crippen LogP contribution in [0.2, 0.25) is 0 Å². The summed E-state index contributed by atoms with van der Waals surface area (Å²) in [5.41, 5.74) is 9.19. The molecule has 1 aromatic heterocycles. The second kappa shape index (κ2) is 8.37. The average molecular weight is 424 g/mol. The number of aromatic nitrogens is 2. The van der Waals surface area contributed by atoms with Crippen LogP contribution < -0.4 is 5.73 Å². The molecule has 1 amide bonds. The van der Waals surface area contributed by atoms with E-state index in [0.717, 1.165) is 69.7 Å². The van der Waals surface area contributed by atoms with Gasteiger partial charge in [-0.3, -0.25) is 4.79 Å².